The third kappa shape index (κ3) is 5.09. The Morgan fingerprint density at radius 3 is 2.74 bits per heavy atom. The zero-order valence-electron chi connectivity index (χ0n) is 14.8. The molecule has 1 amide bonds. The lowest BCUT2D eigenvalue weighted by Crippen LogP contribution is -2.38. The van der Waals surface area contributed by atoms with Gasteiger partial charge in [-0.25, -0.2) is 0 Å². The minimum Gasteiger partial charge on any atom is -0.497 e. The predicted molar refractivity (Wildman–Crippen MR) is 111 cm³/mol. The number of nitrogens with zero attached hydrogens (tertiary/aromatic N) is 1. The predicted octanol–water partition coefficient (Wildman–Crippen LogP) is 3.31. The van der Waals surface area contributed by atoms with Gasteiger partial charge in [0.1, 0.15) is 5.75 Å². The molecule has 142 valence electrons. The Bertz CT molecular complexity index is 841. The number of thiocarbonyl (C=S) groups is 1. The molecule has 8 heteroatoms. The second-order valence-electron chi connectivity index (χ2n) is 5.90. The van der Waals surface area contributed by atoms with Crippen molar-refractivity contribution >= 4 is 46.2 Å². The van der Waals surface area contributed by atoms with Crippen LogP contribution in [0.2, 0.25) is 5.02 Å². The van der Waals surface area contributed by atoms with E-state index in [-0.39, 0.29) is 11.0 Å². The molecule has 1 aliphatic heterocycles. The average Bonchev–Trinajstić information content (AvgIpc) is 2.68. The summed E-state index contributed by atoms with van der Waals surface area (Å²) in [5.41, 5.74) is 2.15. The van der Waals surface area contributed by atoms with Gasteiger partial charge in [-0.05, 0) is 48.6 Å². The molecule has 0 atom stereocenters. The average molecular weight is 406 g/mol. The van der Waals surface area contributed by atoms with Gasteiger partial charge in [0, 0.05) is 23.7 Å². The molecule has 6 nitrogen and oxygen atoms in total. The van der Waals surface area contributed by atoms with Gasteiger partial charge >= 0.3 is 0 Å². The van der Waals surface area contributed by atoms with E-state index in [1.807, 2.05) is 12.1 Å². The van der Waals surface area contributed by atoms with E-state index >= 15 is 0 Å². The van der Waals surface area contributed by atoms with Crippen LogP contribution < -0.4 is 20.3 Å². The number of anilines is 2. The van der Waals surface area contributed by atoms with Gasteiger partial charge in [0.15, 0.2) is 5.11 Å². The minimum absolute atomic E-state index is 0.194. The first-order valence-electron chi connectivity index (χ1n) is 8.45. The van der Waals surface area contributed by atoms with Crippen LogP contribution in [-0.4, -0.2) is 44.4 Å². The van der Waals surface area contributed by atoms with Crippen LogP contribution >= 0.6 is 23.8 Å². The number of carbonyl (C=O) groups is 1. The molecule has 1 heterocycles. The Balaban J connectivity index is 1.71. The van der Waals surface area contributed by atoms with Crippen molar-refractivity contribution in [2.24, 2.45) is 0 Å². The molecule has 1 fully saturated rings. The van der Waals surface area contributed by atoms with Gasteiger partial charge in [-0.15, -0.1) is 0 Å². The molecule has 2 aromatic rings. The first-order valence-corrected chi connectivity index (χ1v) is 9.24. The molecule has 3 rings (SSSR count). The molecular weight excluding hydrogens is 386 g/mol. The van der Waals surface area contributed by atoms with E-state index in [2.05, 4.69) is 15.5 Å². The maximum absolute atomic E-state index is 12.4. The van der Waals surface area contributed by atoms with Crippen molar-refractivity contribution in [3.63, 3.8) is 0 Å². The normalized spacial score (nSPS) is 13.8. The van der Waals surface area contributed by atoms with Gasteiger partial charge in [-0.2, -0.15) is 0 Å². The van der Waals surface area contributed by atoms with Crippen LogP contribution in [0.25, 0.3) is 0 Å². The standard InChI is InChI=1S/C19H20ClN3O3S/c1-25-15-4-2-3-13(11-15)18(24)22-19(27)21-16-12-14(20)5-6-17(16)23-7-9-26-10-8-23/h2-6,11-12H,7-10H2,1H3,(H2,21,22,24,27). The number of methoxy groups -OCH3 is 1. The van der Waals surface area contributed by atoms with Crippen LogP contribution in [-0.2, 0) is 4.74 Å². The van der Waals surface area contributed by atoms with Crippen LogP contribution in [0.5, 0.6) is 5.75 Å². The van der Waals surface area contributed by atoms with Gasteiger partial charge in [-0.3, -0.25) is 10.1 Å². The number of halogens is 1. The van der Waals surface area contributed by atoms with Gasteiger partial charge in [0.25, 0.3) is 5.91 Å². The number of nitrogens with one attached hydrogen (secondary N) is 2. The molecule has 0 radical (unpaired) electrons. The molecule has 1 aliphatic rings. The second kappa shape index (κ2) is 9.03. The van der Waals surface area contributed by atoms with E-state index in [0.29, 0.717) is 29.5 Å². The molecule has 2 N–H and O–H groups in total. The summed E-state index contributed by atoms with van der Waals surface area (Å²) in [4.78, 5) is 14.6. The number of amides is 1. The van der Waals surface area contributed by atoms with Crippen LogP contribution in [0.3, 0.4) is 0 Å². The zero-order chi connectivity index (χ0) is 19.2. The Morgan fingerprint density at radius 2 is 2.00 bits per heavy atom. The third-order valence-electron chi connectivity index (χ3n) is 4.12. The fraction of sp³-hybridized carbons (Fsp3) is 0.263. The summed E-state index contributed by atoms with van der Waals surface area (Å²) in [6, 6.07) is 12.4. The lowest BCUT2D eigenvalue weighted by Gasteiger charge is -2.30. The number of rotatable bonds is 4. The van der Waals surface area contributed by atoms with Crippen molar-refractivity contribution < 1.29 is 14.3 Å². The molecule has 2 aromatic carbocycles. The largest absolute Gasteiger partial charge is 0.497 e. The summed E-state index contributed by atoms with van der Waals surface area (Å²) in [5, 5.41) is 6.54. The van der Waals surface area contributed by atoms with Crippen molar-refractivity contribution in [3.8, 4) is 5.75 Å². The quantitative estimate of drug-likeness (QED) is 0.761. The van der Waals surface area contributed by atoms with Crippen molar-refractivity contribution in [3.05, 3.63) is 53.1 Å². The van der Waals surface area contributed by atoms with Crippen molar-refractivity contribution in [2.45, 2.75) is 0 Å². The van der Waals surface area contributed by atoms with Crippen LogP contribution in [0, 0.1) is 0 Å². The van der Waals surface area contributed by atoms with Crippen molar-refractivity contribution in [1.29, 1.82) is 0 Å². The van der Waals surface area contributed by atoms with Crippen molar-refractivity contribution in [1.82, 2.24) is 5.32 Å². The number of hydrogen-bond donors (Lipinski definition) is 2. The lowest BCUT2D eigenvalue weighted by atomic mass is 10.2. The summed E-state index contributed by atoms with van der Waals surface area (Å²) >= 11 is 11.5. The van der Waals surface area contributed by atoms with Gasteiger partial charge < -0.3 is 19.7 Å². The Morgan fingerprint density at radius 1 is 1.22 bits per heavy atom. The highest BCUT2D eigenvalue weighted by molar-refractivity contribution is 7.80. The molecule has 0 spiro atoms. The molecule has 1 saturated heterocycles. The Kier molecular flexibility index (Phi) is 6.49. The summed E-state index contributed by atoms with van der Waals surface area (Å²) in [6.07, 6.45) is 0. The smallest absolute Gasteiger partial charge is 0.257 e. The summed E-state index contributed by atoms with van der Waals surface area (Å²) in [7, 11) is 1.55. The van der Waals surface area contributed by atoms with E-state index in [4.69, 9.17) is 33.3 Å². The van der Waals surface area contributed by atoms with E-state index in [0.717, 1.165) is 24.5 Å². The Hall–Kier alpha value is -2.35. The van der Waals surface area contributed by atoms with E-state index < -0.39 is 0 Å². The van der Waals surface area contributed by atoms with Gasteiger partial charge in [0.2, 0.25) is 0 Å². The molecule has 0 aromatic heterocycles. The van der Waals surface area contributed by atoms with E-state index in [9.17, 15) is 4.79 Å². The lowest BCUT2D eigenvalue weighted by molar-refractivity contribution is 0.0977. The molecule has 27 heavy (non-hydrogen) atoms. The van der Waals surface area contributed by atoms with E-state index in [1.165, 1.54) is 0 Å². The minimum atomic E-state index is -0.318. The topological polar surface area (TPSA) is 62.8 Å². The first kappa shape index (κ1) is 19.4. The molecule has 0 bridgehead atoms. The number of ether oxygens (including phenoxy) is 2. The zero-order valence-corrected chi connectivity index (χ0v) is 16.4. The third-order valence-corrected chi connectivity index (χ3v) is 4.56. The highest BCUT2D eigenvalue weighted by Gasteiger charge is 2.17. The number of carbonyl (C=O) groups excluding carboxylic acids is 1. The summed E-state index contributed by atoms with van der Waals surface area (Å²) in [6.45, 7) is 2.89. The Labute approximate surface area is 168 Å². The molecular formula is C19H20ClN3O3S. The summed E-state index contributed by atoms with van der Waals surface area (Å²) < 4.78 is 10.5. The SMILES string of the molecule is COc1cccc(C(=O)NC(=S)Nc2cc(Cl)ccc2N2CCOCC2)c1. The number of morpholine rings is 1. The first-order chi connectivity index (χ1) is 13.1. The molecule has 0 saturated carbocycles. The van der Waals surface area contributed by atoms with E-state index in [1.54, 1.807) is 37.4 Å². The van der Waals surface area contributed by atoms with Crippen LogP contribution in [0.15, 0.2) is 42.5 Å². The maximum Gasteiger partial charge on any atom is 0.257 e. The molecule has 0 unspecified atom stereocenters. The number of hydrogen-bond acceptors (Lipinski definition) is 5. The second-order valence-corrected chi connectivity index (χ2v) is 6.75. The highest BCUT2D eigenvalue weighted by atomic mass is 35.5. The summed E-state index contributed by atoms with van der Waals surface area (Å²) in [5.74, 6) is 0.285. The van der Waals surface area contributed by atoms with Crippen LogP contribution in [0.4, 0.5) is 11.4 Å². The van der Waals surface area contributed by atoms with Gasteiger partial charge in [-0.1, -0.05) is 17.7 Å². The van der Waals surface area contributed by atoms with Crippen molar-refractivity contribution in [2.75, 3.05) is 43.6 Å². The fourth-order valence-corrected chi connectivity index (χ4v) is 3.16. The van der Waals surface area contributed by atoms with Crippen LogP contribution in [0.1, 0.15) is 10.4 Å². The fourth-order valence-electron chi connectivity index (χ4n) is 2.78. The van der Waals surface area contributed by atoms with Gasteiger partial charge in [0.05, 0.1) is 31.7 Å². The maximum atomic E-state index is 12.4. The molecule has 0 aliphatic carbocycles. The number of benzene rings is 2. The highest BCUT2D eigenvalue weighted by Crippen LogP contribution is 2.29. The monoisotopic (exact) mass is 405 g/mol.